The molecule has 0 bridgehead atoms. The summed E-state index contributed by atoms with van der Waals surface area (Å²) in [7, 11) is 1.51. The minimum atomic E-state index is -0.515. The minimum absolute atomic E-state index is 0.151. The van der Waals surface area contributed by atoms with Gasteiger partial charge in [0, 0.05) is 0 Å². The lowest BCUT2D eigenvalue weighted by atomic mass is 10.2. The van der Waals surface area contributed by atoms with E-state index >= 15 is 0 Å². The van der Waals surface area contributed by atoms with Gasteiger partial charge in [-0.3, -0.25) is 0 Å². The Morgan fingerprint density at radius 2 is 1.85 bits per heavy atom. The molecule has 0 saturated carbocycles. The van der Waals surface area contributed by atoms with Gasteiger partial charge >= 0.3 is 0 Å². The highest BCUT2D eigenvalue weighted by Gasteiger charge is 2.12. The number of ether oxygens (including phenoxy) is 2. The second-order valence-electron chi connectivity index (χ2n) is 3.88. The van der Waals surface area contributed by atoms with Crippen molar-refractivity contribution in [1.82, 2.24) is 0 Å². The smallest absolute Gasteiger partial charge is 0.173 e. The zero-order valence-corrected chi connectivity index (χ0v) is 10.7. The van der Waals surface area contributed by atoms with Crippen molar-refractivity contribution >= 4 is 5.84 Å². The van der Waals surface area contributed by atoms with Gasteiger partial charge in [0.15, 0.2) is 17.3 Å². The van der Waals surface area contributed by atoms with Crippen molar-refractivity contribution in [3.63, 3.8) is 0 Å². The topological polar surface area (TPSA) is 77.1 Å². The van der Waals surface area contributed by atoms with E-state index in [1.165, 1.54) is 19.2 Å². The lowest BCUT2D eigenvalue weighted by Gasteiger charge is -2.12. The SMILES string of the molecule is COc1ccccc1Oc1ccc(F)cc1C(N)=NO. The first-order valence-corrected chi connectivity index (χ1v) is 5.74. The van der Waals surface area contributed by atoms with Gasteiger partial charge in [-0.25, -0.2) is 4.39 Å². The van der Waals surface area contributed by atoms with Crippen LogP contribution in [0.25, 0.3) is 0 Å². The predicted octanol–water partition coefficient (Wildman–Crippen LogP) is 2.72. The number of amidine groups is 1. The second-order valence-corrected chi connectivity index (χ2v) is 3.88. The van der Waals surface area contributed by atoms with Crippen LogP contribution in [-0.4, -0.2) is 18.2 Å². The monoisotopic (exact) mass is 276 g/mol. The zero-order chi connectivity index (χ0) is 14.5. The maximum absolute atomic E-state index is 13.3. The highest BCUT2D eigenvalue weighted by molar-refractivity contribution is 5.99. The Morgan fingerprint density at radius 1 is 1.15 bits per heavy atom. The Kier molecular flexibility index (Phi) is 4.05. The Balaban J connectivity index is 2.43. The molecule has 0 radical (unpaired) electrons. The van der Waals surface area contributed by atoms with Gasteiger partial charge in [0.2, 0.25) is 0 Å². The molecule has 0 spiro atoms. The Hall–Kier alpha value is -2.76. The number of methoxy groups -OCH3 is 1. The average Bonchev–Trinajstić information content (AvgIpc) is 2.48. The van der Waals surface area contributed by atoms with Crippen LogP contribution in [0.1, 0.15) is 5.56 Å². The number of hydrogen-bond donors (Lipinski definition) is 2. The van der Waals surface area contributed by atoms with E-state index < -0.39 is 5.82 Å². The summed E-state index contributed by atoms with van der Waals surface area (Å²) in [5, 5.41) is 11.6. The maximum atomic E-state index is 13.3. The molecule has 0 saturated heterocycles. The van der Waals surface area contributed by atoms with Gasteiger partial charge in [-0.05, 0) is 30.3 Å². The van der Waals surface area contributed by atoms with Crippen LogP contribution in [0.5, 0.6) is 17.2 Å². The lowest BCUT2D eigenvalue weighted by molar-refractivity contribution is 0.318. The van der Waals surface area contributed by atoms with Crippen LogP contribution < -0.4 is 15.2 Å². The Labute approximate surface area is 115 Å². The lowest BCUT2D eigenvalue weighted by Crippen LogP contribution is -2.14. The predicted molar refractivity (Wildman–Crippen MR) is 72.0 cm³/mol. The van der Waals surface area contributed by atoms with Crippen LogP contribution in [0, 0.1) is 5.82 Å². The Bertz CT molecular complexity index is 644. The molecule has 0 heterocycles. The summed E-state index contributed by atoms with van der Waals surface area (Å²) in [5.74, 6) is 0.454. The standard InChI is InChI=1S/C14H13FN2O3/c1-19-12-4-2-3-5-13(12)20-11-7-6-9(15)8-10(11)14(16)17-18/h2-8,18H,1H3,(H2,16,17). The number of benzene rings is 2. The van der Waals surface area contributed by atoms with E-state index in [1.807, 2.05) is 0 Å². The molecule has 2 aromatic rings. The summed E-state index contributed by atoms with van der Waals surface area (Å²) >= 11 is 0. The number of oxime groups is 1. The average molecular weight is 276 g/mol. The van der Waals surface area contributed by atoms with Gasteiger partial charge in [-0.1, -0.05) is 17.3 Å². The summed E-state index contributed by atoms with van der Waals surface area (Å²) in [5.41, 5.74) is 5.66. The fraction of sp³-hybridized carbons (Fsp3) is 0.0714. The fourth-order valence-electron chi connectivity index (χ4n) is 1.67. The van der Waals surface area contributed by atoms with E-state index in [0.29, 0.717) is 11.5 Å². The number of hydrogen-bond acceptors (Lipinski definition) is 4. The molecule has 0 aliphatic heterocycles. The molecule has 3 N–H and O–H groups in total. The van der Waals surface area contributed by atoms with E-state index in [1.54, 1.807) is 24.3 Å². The quantitative estimate of drug-likeness (QED) is 0.389. The molecule has 0 unspecified atom stereocenters. The second kappa shape index (κ2) is 5.92. The molecule has 104 valence electrons. The summed E-state index contributed by atoms with van der Waals surface area (Å²) in [4.78, 5) is 0. The van der Waals surface area contributed by atoms with Crippen molar-refractivity contribution in [2.75, 3.05) is 7.11 Å². The molecule has 2 rings (SSSR count). The van der Waals surface area contributed by atoms with Gasteiger partial charge in [0.1, 0.15) is 11.6 Å². The van der Waals surface area contributed by atoms with Crippen LogP contribution >= 0.6 is 0 Å². The van der Waals surface area contributed by atoms with Gasteiger partial charge < -0.3 is 20.4 Å². The Morgan fingerprint density at radius 3 is 2.50 bits per heavy atom. The van der Waals surface area contributed by atoms with Crippen LogP contribution in [-0.2, 0) is 0 Å². The maximum Gasteiger partial charge on any atom is 0.173 e. The van der Waals surface area contributed by atoms with E-state index in [4.69, 9.17) is 20.4 Å². The normalized spacial score (nSPS) is 11.2. The summed E-state index contributed by atoms with van der Waals surface area (Å²) in [6.07, 6.45) is 0. The molecule has 2 aromatic carbocycles. The van der Waals surface area contributed by atoms with Crippen molar-refractivity contribution in [3.8, 4) is 17.2 Å². The molecule has 6 heteroatoms. The summed E-state index contributed by atoms with van der Waals surface area (Å²) in [6, 6.07) is 10.7. The molecule has 0 aromatic heterocycles. The van der Waals surface area contributed by atoms with Crippen molar-refractivity contribution in [2.24, 2.45) is 10.9 Å². The molecule has 0 aliphatic rings. The molecular formula is C14H13FN2O3. The summed E-state index contributed by atoms with van der Waals surface area (Å²) in [6.45, 7) is 0. The van der Waals surface area contributed by atoms with E-state index in [-0.39, 0.29) is 17.1 Å². The number of rotatable bonds is 4. The van der Waals surface area contributed by atoms with Gasteiger partial charge in [0.25, 0.3) is 0 Å². The van der Waals surface area contributed by atoms with Crippen molar-refractivity contribution in [3.05, 3.63) is 53.8 Å². The van der Waals surface area contributed by atoms with E-state index in [0.717, 1.165) is 6.07 Å². The van der Waals surface area contributed by atoms with Crippen LogP contribution in [0.15, 0.2) is 47.6 Å². The first kappa shape index (κ1) is 13.7. The zero-order valence-electron chi connectivity index (χ0n) is 10.7. The van der Waals surface area contributed by atoms with Crippen molar-refractivity contribution in [2.45, 2.75) is 0 Å². The molecule has 0 fully saturated rings. The van der Waals surface area contributed by atoms with Gasteiger partial charge in [-0.15, -0.1) is 0 Å². The van der Waals surface area contributed by atoms with Crippen molar-refractivity contribution in [1.29, 1.82) is 0 Å². The largest absolute Gasteiger partial charge is 0.493 e. The third kappa shape index (κ3) is 2.80. The van der Waals surface area contributed by atoms with E-state index in [2.05, 4.69) is 5.16 Å². The third-order valence-electron chi connectivity index (χ3n) is 2.61. The first-order valence-electron chi connectivity index (χ1n) is 5.74. The number of para-hydroxylation sites is 2. The molecule has 0 aliphatic carbocycles. The van der Waals surface area contributed by atoms with Crippen molar-refractivity contribution < 1.29 is 19.1 Å². The van der Waals surface area contributed by atoms with E-state index in [9.17, 15) is 4.39 Å². The third-order valence-corrected chi connectivity index (χ3v) is 2.61. The fourth-order valence-corrected chi connectivity index (χ4v) is 1.67. The molecule has 20 heavy (non-hydrogen) atoms. The van der Waals surface area contributed by atoms with Gasteiger partial charge in [0.05, 0.1) is 12.7 Å². The van der Waals surface area contributed by atoms with Crippen LogP contribution in [0.4, 0.5) is 4.39 Å². The number of nitrogens with zero attached hydrogens (tertiary/aromatic N) is 1. The highest BCUT2D eigenvalue weighted by Crippen LogP contribution is 2.32. The highest BCUT2D eigenvalue weighted by atomic mass is 19.1. The minimum Gasteiger partial charge on any atom is -0.493 e. The number of nitrogens with two attached hydrogens (primary N) is 1. The molecular weight excluding hydrogens is 263 g/mol. The van der Waals surface area contributed by atoms with Crippen LogP contribution in [0.2, 0.25) is 0 Å². The van der Waals surface area contributed by atoms with Gasteiger partial charge in [-0.2, -0.15) is 0 Å². The number of halogens is 1. The molecule has 0 atom stereocenters. The first-order chi connectivity index (χ1) is 9.65. The summed E-state index contributed by atoms with van der Waals surface area (Å²) < 4.78 is 24.1. The molecule has 0 amide bonds. The molecule has 5 nitrogen and oxygen atoms in total. The van der Waals surface area contributed by atoms with Crippen LogP contribution in [0.3, 0.4) is 0 Å².